The summed E-state index contributed by atoms with van der Waals surface area (Å²) in [6.45, 7) is 0. The summed E-state index contributed by atoms with van der Waals surface area (Å²) in [5.41, 5.74) is 4.97. The quantitative estimate of drug-likeness (QED) is 0.923. The van der Waals surface area contributed by atoms with Crippen LogP contribution in [0.4, 0.5) is 13.2 Å². The van der Waals surface area contributed by atoms with Gasteiger partial charge in [0.2, 0.25) is 0 Å². The van der Waals surface area contributed by atoms with Crippen LogP contribution in [0.3, 0.4) is 0 Å². The van der Waals surface area contributed by atoms with E-state index in [0.29, 0.717) is 5.56 Å². The summed E-state index contributed by atoms with van der Waals surface area (Å²) in [5, 5.41) is 0. The highest BCUT2D eigenvalue weighted by atomic mass is 19.4. The number of carbonyl (C=O) groups excluding carboxylic acids is 1. The van der Waals surface area contributed by atoms with Crippen molar-refractivity contribution in [2.75, 3.05) is 0 Å². The first kappa shape index (κ1) is 14.3. The summed E-state index contributed by atoms with van der Waals surface area (Å²) in [5.74, 6) is -0.174. The minimum absolute atomic E-state index is 0.174. The average molecular weight is 280 g/mol. The van der Waals surface area contributed by atoms with E-state index in [1.807, 2.05) is 0 Å². The molecule has 0 spiro atoms. The van der Waals surface area contributed by atoms with Crippen LogP contribution in [-0.4, -0.2) is 5.91 Å². The van der Waals surface area contributed by atoms with Crippen LogP contribution in [0.15, 0.2) is 48.5 Å². The number of rotatable bonds is 3. The number of quaternary nitrogens is 1. The fourth-order valence-electron chi connectivity index (χ4n) is 1.89. The van der Waals surface area contributed by atoms with Crippen molar-refractivity contribution < 1.29 is 23.7 Å². The highest BCUT2D eigenvalue weighted by molar-refractivity contribution is 5.69. The minimum atomic E-state index is -4.32. The fourth-order valence-corrected chi connectivity index (χ4v) is 1.89. The number of alkyl halides is 3. The van der Waals surface area contributed by atoms with Crippen molar-refractivity contribution in [3.63, 3.8) is 0 Å². The molecule has 1 amide bonds. The molecule has 0 saturated heterocycles. The van der Waals surface area contributed by atoms with E-state index in [4.69, 9.17) is 0 Å². The Morgan fingerprint density at radius 2 is 1.35 bits per heavy atom. The van der Waals surface area contributed by atoms with E-state index in [2.05, 4.69) is 5.73 Å². The van der Waals surface area contributed by atoms with Crippen LogP contribution in [0.1, 0.15) is 11.1 Å². The van der Waals surface area contributed by atoms with Gasteiger partial charge in [0.25, 0.3) is 0 Å². The highest BCUT2D eigenvalue weighted by Crippen LogP contribution is 2.30. The van der Waals surface area contributed by atoms with Crippen LogP contribution in [0.5, 0.6) is 0 Å². The molecule has 0 unspecified atom stereocenters. The zero-order chi connectivity index (χ0) is 14.8. The fraction of sp³-hybridized carbons (Fsp3) is 0.133. The average Bonchev–Trinajstić information content (AvgIpc) is 2.38. The number of hydrogen-bond donors (Lipinski definition) is 1. The second-order valence-electron chi connectivity index (χ2n) is 4.49. The third-order valence-electron chi connectivity index (χ3n) is 2.90. The number of benzene rings is 2. The predicted molar refractivity (Wildman–Crippen MR) is 68.5 cm³/mol. The smallest absolute Gasteiger partial charge is 0.294 e. The third-order valence-corrected chi connectivity index (χ3v) is 2.90. The minimum Gasteiger partial charge on any atom is -0.294 e. The summed E-state index contributed by atoms with van der Waals surface area (Å²) in [6.07, 6.45) is -4.07. The number of hydrogen-bond acceptors (Lipinski definition) is 1. The lowest BCUT2D eigenvalue weighted by Gasteiger charge is -2.08. The standard InChI is InChI=1S/C15H12F3NO/c16-15(17,18)13-7-5-12(6-8-13)11-3-1-10(2-4-11)9-14(19)20/h1-8H,9H2,(H2,19,20)/p+1. The lowest BCUT2D eigenvalue weighted by atomic mass is 10.0. The Kier molecular flexibility index (Phi) is 3.90. The molecule has 0 aliphatic rings. The summed E-state index contributed by atoms with van der Waals surface area (Å²) in [6, 6.07) is 12.1. The Bertz CT molecular complexity index is 601. The predicted octanol–water partition coefficient (Wildman–Crippen LogP) is 2.68. The molecular formula is C15H13F3NO+. The van der Waals surface area contributed by atoms with Crippen molar-refractivity contribution in [3.05, 3.63) is 59.7 Å². The maximum atomic E-state index is 12.5. The van der Waals surface area contributed by atoms with Gasteiger partial charge < -0.3 is 0 Å². The van der Waals surface area contributed by atoms with Crippen LogP contribution in [-0.2, 0) is 17.4 Å². The Morgan fingerprint density at radius 1 is 0.900 bits per heavy atom. The second-order valence-corrected chi connectivity index (χ2v) is 4.49. The van der Waals surface area contributed by atoms with Gasteiger partial charge >= 0.3 is 12.1 Å². The van der Waals surface area contributed by atoms with E-state index in [1.165, 1.54) is 12.1 Å². The van der Waals surface area contributed by atoms with Gasteiger partial charge in [-0.1, -0.05) is 36.4 Å². The molecule has 2 aromatic rings. The van der Waals surface area contributed by atoms with Gasteiger partial charge in [-0.2, -0.15) is 13.2 Å². The lowest BCUT2D eigenvalue weighted by molar-refractivity contribution is -0.304. The Balaban J connectivity index is 2.21. The van der Waals surface area contributed by atoms with Gasteiger partial charge in [-0.3, -0.25) is 5.73 Å². The summed E-state index contributed by atoms with van der Waals surface area (Å²) in [4.78, 5) is 10.9. The molecule has 2 nitrogen and oxygen atoms in total. The van der Waals surface area contributed by atoms with Gasteiger partial charge in [0, 0.05) is 0 Å². The third kappa shape index (κ3) is 3.45. The van der Waals surface area contributed by atoms with E-state index in [-0.39, 0.29) is 12.3 Å². The van der Waals surface area contributed by atoms with Crippen LogP contribution in [0.25, 0.3) is 11.1 Å². The molecule has 0 radical (unpaired) electrons. The molecule has 0 bridgehead atoms. The van der Waals surface area contributed by atoms with Gasteiger partial charge in [0.05, 0.1) is 12.0 Å². The van der Waals surface area contributed by atoms with E-state index < -0.39 is 11.7 Å². The summed E-state index contributed by atoms with van der Waals surface area (Å²) in [7, 11) is 0. The zero-order valence-corrected chi connectivity index (χ0v) is 10.6. The number of halogens is 3. The molecule has 0 fully saturated rings. The van der Waals surface area contributed by atoms with Crippen molar-refractivity contribution >= 4 is 5.91 Å². The summed E-state index contributed by atoms with van der Waals surface area (Å²) >= 11 is 0. The molecular weight excluding hydrogens is 267 g/mol. The van der Waals surface area contributed by atoms with E-state index >= 15 is 0 Å². The highest BCUT2D eigenvalue weighted by Gasteiger charge is 2.29. The number of amides is 1. The van der Waals surface area contributed by atoms with E-state index in [9.17, 15) is 18.0 Å². The van der Waals surface area contributed by atoms with Crippen molar-refractivity contribution in [1.29, 1.82) is 0 Å². The zero-order valence-electron chi connectivity index (χ0n) is 10.6. The molecule has 2 rings (SSSR count). The van der Waals surface area contributed by atoms with Gasteiger partial charge in [-0.25, -0.2) is 4.79 Å². The molecule has 104 valence electrons. The first-order chi connectivity index (χ1) is 9.36. The molecule has 0 aliphatic carbocycles. The Hall–Kier alpha value is -2.14. The maximum Gasteiger partial charge on any atom is 0.416 e. The molecule has 5 heteroatoms. The first-order valence-electron chi connectivity index (χ1n) is 5.97. The molecule has 0 saturated carbocycles. The molecule has 20 heavy (non-hydrogen) atoms. The molecule has 3 N–H and O–H groups in total. The molecule has 0 atom stereocenters. The molecule has 0 heterocycles. The van der Waals surface area contributed by atoms with Crippen molar-refractivity contribution in [1.82, 2.24) is 0 Å². The summed E-state index contributed by atoms with van der Waals surface area (Å²) < 4.78 is 37.4. The SMILES string of the molecule is [NH3+]C(=O)Cc1ccc(-c2ccc(C(F)(F)F)cc2)cc1. The maximum absolute atomic E-state index is 12.5. The van der Waals surface area contributed by atoms with Crippen LogP contribution < -0.4 is 5.73 Å². The largest absolute Gasteiger partial charge is 0.416 e. The molecule has 2 aromatic carbocycles. The van der Waals surface area contributed by atoms with Crippen LogP contribution in [0, 0.1) is 0 Å². The van der Waals surface area contributed by atoms with Gasteiger partial charge in [-0.15, -0.1) is 0 Å². The Labute approximate surface area is 114 Å². The first-order valence-corrected chi connectivity index (χ1v) is 5.97. The second kappa shape index (κ2) is 5.46. The topological polar surface area (TPSA) is 44.7 Å². The van der Waals surface area contributed by atoms with E-state index in [0.717, 1.165) is 23.3 Å². The van der Waals surface area contributed by atoms with Crippen LogP contribution >= 0.6 is 0 Å². The van der Waals surface area contributed by atoms with Gasteiger partial charge in [-0.05, 0) is 28.8 Å². The van der Waals surface area contributed by atoms with E-state index in [1.54, 1.807) is 24.3 Å². The van der Waals surface area contributed by atoms with Crippen molar-refractivity contribution in [2.24, 2.45) is 0 Å². The monoisotopic (exact) mass is 280 g/mol. The molecule has 0 aliphatic heterocycles. The molecule has 0 aromatic heterocycles. The number of carbonyl (C=O) groups is 1. The van der Waals surface area contributed by atoms with Crippen LogP contribution in [0.2, 0.25) is 0 Å². The normalized spacial score (nSPS) is 11.4. The van der Waals surface area contributed by atoms with Gasteiger partial charge in [0.1, 0.15) is 0 Å². The lowest BCUT2D eigenvalue weighted by Crippen LogP contribution is -2.57. The Morgan fingerprint density at radius 3 is 1.75 bits per heavy atom. The van der Waals surface area contributed by atoms with Crippen molar-refractivity contribution in [2.45, 2.75) is 12.6 Å². The van der Waals surface area contributed by atoms with Crippen molar-refractivity contribution in [3.8, 4) is 11.1 Å². The van der Waals surface area contributed by atoms with Gasteiger partial charge in [0.15, 0.2) is 0 Å².